The highest BCUT2D eigenvalue weighted by molar-refractivity contribution is 9.10. The van der Waals surface area contributed by atoms with E-state index in [1.165, 1.54) is 5.56 Å². The highest BCUT2D eigenvalue weighted by atomic mass is 79.9. The number of rotatable bonds is 3. The van der Waals surface area contributed by atoms with E-state index < -0.39 is 0 Å². The summed E-state index contributed by atoms with van der Waals surface area (Å²) < 4.78 is 12.2. The molecule has 0 bridgehead atoms. The van der Waals surface area contributed by atoms with Gasteiger partial charge in [-0.05, 0) is 11.6 Å². The molecule has 1 aliphatic rings. The molecule has 15 heavy (non-hydrogen) atoms. The molecule has 82 valence electrons. The quantitative estimate of drug-likeness (QED) is 0.910. The fourth-order valence-corrected chi connectivity index (χ4v) is 2.03. The first-order valence-corrected chi connectivity index (χ1v) is 5.79. The first kappa shape index (κ1) is 11.1. The Labute approximate surface area is 97.7 Å². The van der Waals surface area contributed by atoms with Gasteiger partial charge >= 0.3 is 0 Å². The van der Waals surface area contributed by atoms with E-state index in [-0.39, 0.29) is 12.4 Å². The van der Waals surface area contributed by atoms with Gasteiger partial charge in [-0.2, -0.15) is 0 Å². The Hall–Kier alpha value is -0.420. The molecular formula is C11H14BrNO2. The lowest BCUT2D eigenvalue weighted by atomic mass is 10.1. The van der Waals surface area contributed by atoms with E-state index in [4.69, 9.17) is 15.2 Å². The Bertz CT molecular complexity index is 332. The van der Waals surface area contributed by atoms with E-state index in [9.17, 15) is 0 Å². The highest BCUT2D eigenvalue weighted by Crippen LogP contribution is 2.21. The predicted molar refractivity (Wildman–Crippen MR) is 61.5 cm³/mol. The number of hydrogen-bond acceptors (Lipinski definition) is 3. The van der Waals surface area contributed by atoms with Gasteiger partial charge < -0.3 is 15.2 Å². The topological polar surface area (TPSA) is 44.5 Å². The fourth-order valence-electron chi connectivity index (χ4n) is 1.58. The lowest BCUT2D eigenvalue weighted by Gasteiger charge is -2.11. The lowest BCUT2D eigenvalue weighted by molar-refractivity contribution is -0.0542. The molecule has 0 aromatic heterocycles. The number of halogens is 1. The first-order valence-electron chi connectivity index (χ1n) is 5.00. The summed E-state index contributed by atoms with van der Waals surface area (Å²) in [4.78, 5) is 0. The molecule has 0 amide bonds. The normalized spacial score (nSPS) is 25.7. The van der Waals surface area contributed by atoms with Gasteiger partial charge in [-0.25, -0.2) is 0 Å². The number of benzene rings is 1. The SMILES string of the molecule is NCC1COC(Cc2ccccc2Br)O1. The summed E-state index contributed by atoms with van der Waals surface area (Å²) in [5.41, 5.74) is 6.70. The van der Waals surface area contributed by atoms with Crippen molar-refractivity contribution in [3.8, 4) is 0 Å². The van der Waals surface area contributed by atoms with E-state index in [2.05, 4.69) is 22.0 Å². The third-order valence-electron chi connectivity index (χ3n) is 2.42. The molecule has 1 aromatic carbocycles. The van der Waals surface area contributed by atoms with Crippen LogP contribution in [0.2, 0.25) is 0 Å². The summed E-state index contributed by atoms with van der Waals surface area (Å²) >= 11 is 3.50. The van der Waals surface area contributed by atoms with Crippen LogP contribution in [0.4, 0.5) is 0 Å². The van der Waals surface area contributed by atoms with Gasteiger partial charge in [-0.15, -0.1) is 0 Å². The van der Waals surface area contributed by atoms with Gasteiger partial charge in [-0.1, -0.05) is 34.1 Å². The lowest BCUT2D eigenvalue weighted by Crippen LogP contribution is -2.23. The molecule has 1 aromatic rings. The molecule has 2 N–H and O–H groups in total. The minimum Gasteiger partial charge on any atom is -0.350 e. The highest BCUT2D eigenvalue weighted by Gasteiger charge is 2.25. The zero-order valence-electron chi connectivity index (χ0n) is 8.36. The molecule has 1 fully saturated rings. The zero-order chi connectivity index (χ0) is 10.7. The van der Waals surface area contributed by atoms with Crippen molar-refractivity contribution in [2.75, 3.05) is 13.2 Å². The molecule has 0 radical (unpaired) electrons. The maximum absolute atomic E-state index is 5.60. The van der Waals surface area contributed by atoms with Gasteiger partial charge in [0.1, 0.15) is 0 Å². The second kappa shape index (κ2) is 5.07. The molecule has 0 saturated carbocycles. The van der Waals surface area contributed by atoms with Gasteiger partial charge in [0.2, 0.25) is 0 Å². The van der Waals surface area contributed by atoms with Crippen molar-refractivity contribution in [1.82, 2.24) is 0 Å². The summed E-state index contributed by atoms with van der Waals surface area (Å²) in [6, 6.07) is 8.08. The van der Waals surface area contributed by atoms with Crippen molar-refractivity contribution in [3.63, 3.8) is 0 Å². The molecule has 2 unspecified atom stereocenters. The predicted octanol–water partition coefficient (Wildman–Crippen LogP) is 1.69. The van der Waals surface area contributed by atoms with Crippen LogP contribution in [0.15, 0.2) is 28.7 Å². The van der Waals surface area contributed by atoms with Gasteiger partial charge in [0.25, 0.3) is 0 Å². The molecule has 1 heterocycles. The molecule has 4 heteroatoms. The monoisotopic (exact) mass is 271 g/mol. The Balaban J connectivity index is 1.96. The van der Waals surface area contributed by atoms with E-state index in [0.717, 1.165) is 10.9 Å². The minimum absolute atomic E-state index is 0.0532. The molecular weight excluding hydrogens is 258 g/mol. The standard InChI is InChI=1S/C11H14BrNO2/c12-10-4-2-1-3-8(10)5-11-14-7-9(6-13)15-11/h1-4,9,11H,5-7,13H2. The molecule has 3 nitrogen and oxygen atoms in total. The molecule has 0 spiro atoms. The van der Waals surface area contributed by atoms with Crippen molar-refractivity contribution in [2.45, 2.75) is 18.8 Å². The smallest absolute Gasteiger partial charge is 0.162 e. The fraction of sp³-hybridized carbons (Fsp3) is 0.455. The largest absolute Gasteiger partial charge is 0.350 e. The summed E-state index contributed by atoms with van der Waals surface area (Å²) in [5, 5.41) is 0. The average molecular weight is 272 g/mol. The number of ether oxygens (including phenoxy) is 2. The zero-order valence-corrected chi connectivity index (χ0v) is 9.94. The van der Waals surface area contributed by atoms with Crippen molar-refractivity contribution >= 4 is 15.9 Å². The van der Waals surface area contributed by atoms with E-state index >= 15 is 0 Å². The Kier molecular flexibility index (Phi) is 3.75. The summed E-state index contributed by atoms with van der Waals surface area (Å²) in [6.07, 6.45) is 0.660. The van der Waals surface area contributed by atoms with Crippen LogP contribution in [0.3, 0.4) is 0 Å². The summed E-state index contributed by atoms with van der Waals surface area (Å²) in [7, 11) is 0. The van der Waals surface area contributed by atoms with Gasteiger partial charge in [0, 0.05) is 17.4 Å². The van der Waals surface area contributed by atoms with Crippen LogP contribution in [0.5, 0.6) is 0 Å². The molecule has 1 saturated heterocycles. The van der Waals surface area contributed by atoms with Gasteiger partial charge in [0.05, 0.1) is 12.7 Å². The molecule has 2 rings (SSSR count). The van der Waals surface area contributed by atoms with Crippen molar-refractivity contribution < 1.29 is 9.47 Å². The Morgan fingerprint density at radius 2 is 2.20 bits per heavy atom. The van der Waals surface area contributed by atoms with Crippen LogP contribution >= 0.6 is 15.9 Å². The van der Waals surface area contributed by atoms with Crippen LogP contribution in [0.25, 0.3) is 0 Å². The number of nitrogens with two attached hydrogens (primary N) is 1. The van der Waals surface area contributed by atoms with Gasteiger partial charge in [-0.3, -0.25) is 0 Å². The number of hydrogen-bond donors (Lipinski definition) is 1. The van der Waals surface area contributed by atoms with Crippen molar-refractivity contribution in [3.05, 3.63) is 34.3 Å². The summed E-state index contributed by atoms with van der Waals surface area (Å²) in [5.74, 6) is 0. The Morgan fingerprint density at radius 1 is 1.40 bits per heavy atom. The average Bonchev–Trinajstić information content (AvgIpc) is 2.69. The third kappa shape index (κ3) is 2.78. The first-order chi connectivity index (χ1) is 7.29. The second-order valence-electron chi connectivity index (χ2n) is 3.55. The third-order valence-corrected chi connectivity index (χ3v) is 3.19. The van der Waals surface area contributed by atoms with E-state index in [1.54, 1.807) is 0 Å². The van der Waals surface area contributed by atoms with Crippen molar-refractivity contribution in [2.24, 2.45) is 5.73 Å². The van der Waals surface area contributed by atoms with Crippen LogP contribution in [-0.2, 0) is 15.9 Å². The van der Waals surface area contributed by atoms with Gasteiger partial charge in [0.15, 0.2) is 6.29 Å². The van der Waals surface area contributed by atoms with E-state index in [0.29, 0.717) is 13.2 Å². The Morgan fingerprint density at radius 3 is 2.87 bits per heavy atom. The second-order valence-corrected chi connectivity index (χ2v) is 4.41. The van der Waals surface area contributed by atoms with Crippen LogP contribution in [0, 0.1) is 0 Å². The summed E-state index contributed by atoms with van der Waals surface area (Å²) in [6.45, 7) is 1.12. The van der Waals surface area contributed by atoms with Crippen molar-refractivity contribution in [1.29, 1.82) is 0 Å². The minimum atomic E-state index is -0.155. The van der Waals surface area contributed by atoms with E-state index in [1.807, 2.05) is 18.2 Å². The van der Waals surface area contributed by atoms with Crippen LogP contribution in [0.1, 0.15) is 5.56 Å². The molecule has 2 atom stereocenters. The van der Waals surface area contributed by atoms with Crippen LogP contribution < -0.4 is 5.73 Å². The maximum Gasteiger partial charge on any atom is 0.162 e. The maximum atomic E-state index is 5.60. The molecule has 0 aliphatic carbocycles. The molecule has 1 aliphatic heterocycles. The van der Waals surface area contributed by atoms with Crippen LogP contribution in [-0.4, -0.2) is 25.5 Å².